The Hall–Kier alpha value is -1.62. The van der Waals surface area contributed by atoms with Gasteiger partial charge in [-0.1, -0.05) is 0 Å². The number of esters is 1. The van der Waals surface area contributed by atoms with Crippen molar-refractivity contribution in [3.63, 3.8) is 0 Å². The maximum atomic E-state index is 11.2. The quantitative estimate of drug-likeness (QED) is 0.729. The molecule has 1 rings (SSSR count). The van der Waals surface area contributed by atoms with Gasteiger partial charge in [0.25, 0.3) is 0 Å². The third-order valence-electron chi connectivity index (χ3n) is 2.09. The van der Waals surface area contributed by atoms with Crippen molar-refractivity contribution >= 4 is 11.8 Å². The molecule has 5 nitrogen and oxygen atoms in total. The third kappa shape index (κ3) is 3.86. The van der Waals surface area contributed by atoms with Gasteiger partial charge in [0, 0.05) is 18.8 Å². The number of anilines is 1. The van der Waals surface area contributed by atoms with Crippen LogP contribution in [0.2, 0.25) is 0 Å². The molecule has 0 spiro atoms. The normalized spacial score (nSPS) is 11.9. The van der Waals surface area contributed by atoms with Crippen molar-refractivity contribution in [1.82, 2.24) is 4.98 Å². The minimum atomic E-state index is -0.363. The van der Waals surface area contributed by atoms with Crippen LogP contribution in [0.4, 0.5) is 5.82 Å². The molecule has 5 heteroatoms. The van der Waals surface area contributed by atoms with Crippen LogP contribution < -0.4 is 11.1 Å². The molecule has 0 bridgehead atoms. The van der Waals surface area contributed by atoms with Gasteiger partial charge in [-0.25, -0.2) is 9.78 Å². The molecule has 0 aromatic carbocycles. The van der Waals surface area contributed by atoms with Crippen molar-refractivity contribution in [1.29, 1.82) is 0 Å². The second-order valence-corrected chi connectivity index (χ2v) is 3.61. The minimum absolute atomic E-state index is 0.149. The second-order valence-electron chi connectivity index (χ2n) is 3.61. The minimum Gasteiger partial charge on any atom is -0.465 e. The average Bonchev–Trinajstić information content (AvgIpc) is 2.28. The van der Waals surface area contributed by atoms with Crippen LogP contribution in [0.1, 0.15) is 23.7 Å². The summed E-state index contributed by atoms with van der Waals surface area (Å²) in [7, 11) is 1.35. The van der Waals surface area contributed by atoms with Gasteiger partial charge in [0.1, 0.15) is 5.82 Å². The van der Waals surface area contributed by atoms with Gasteiger partial charge in [-0.15, -0.1) is 0 Å². The summed E-state index contributed by atoms with van der Waals surface area (Å²) in [6.07, 6.45) is 2.42. The first kappa shape index (κ1) is 12.4. The van der Waals surface area contributed by atoms with Crippen molar-refractivity contribution in [2.45, 2.75) is 19.4 Å². The second kappa shape index (κ2) is 6.07. The molecule has 0 fully saturated rings. The summed E-state index contributed by atoms with van der Waals surface area (Å²) < 4.78 is 4.62. The Bertz CT molecular complexity index is 353. The number of nitrogens with two attached hydrogens (primary N) is 1. The number of carbonyl (C=O) groups excluding carboxylic acids is 1. The summed E-state index contributed by atoms with van der Waals surface area (Å²) in [5.74, 6) is 0.293. The average molecular weight is 223 g/mol. The Balaban J connectivity index is 2.57. The van der Waals surface area contributed by atoms with E-state index in [0.29, 0.717) is 11.4 Å². The van der Waals surface area contributed by atoms with Crippen LogP contribution in [0.3, 0.4) is 0 Å². The van der Waals surface area contributed by atoms with Crippen LogP contribution in [-0.2, 0) is 4.74 Å². The molecule has 0 amide bonds. The van der Waals surface area contributed by atoms with E-state index in [2.05, 4.69) is 15.0 Å². The maximum Gasteiger partial charge on any atom is 0.338 e. The monoisotopic (exact) mass is 223 g/mol. The van der Waals surface area contributed by atoms with E-state index < -0.39 is 0 Å². The number of aromatic nitrogens is 1. The van der Waals surface area contributed by atoms with Gasteiger partial charge in [0.2, 0.25) is 0 Å². The molecule has 0 aliphatic rings. The highest BCUT2D eigenvalue weighted by molar-refractivity contribution is 5.89. The van der Waals surface area contributed by atoms with Crippen molar-refractivity contribution in [3.8, 4) is 0 Å². The highest BCUT2D eigenvalue weighted by Gasteiger charge is 2.05. The summed E-state index contributed by atoms with van der Waals surface area (Å²) >= 11 is 0. The molecular formula is C11H17N3O2. The molecule has 0 saturated heterocycles. The van der Waals surface area contributed by atoms with Crippen molar-refractivity contribution < 1.29 is 9.53 Å². The third-order valence-corrected chi connectivity index (χ3v) is 2.09. The van der Waals surface area contributed by atoms with E-state index in [-0.39, 0.29) is 12.0 Å². The first-order valence-electron chi connectivity index (χ1n) is 5.17. The van der Waals surface area contributed by atoms with Gasteiger partial charge in [0.05, 0.1) is 12.7 Å². The molecule has 1 unspecified atom stereocenters. The molecule has 88 valence electrons. The summed E-state index contributed by atoms with van der Waals surface area (Å²) in [4.78, 5) is 15.3. The van der Waals surface area contributed by atoms with Crippen LogP contribution >= 0.6 is 0 Å². The summed E-state index contributed by atoms with van der Waals surface area (Å²) in [5, 5.41) is 3.10. The van der Waals surface area contributed by atoms with E-state index in [9.17, 15) is 4.79 Å². The number of pyridine rings is 1. The predicted molar refractivity (Wildman–Crippen MR) is 62.3 cm³/mol. The van der Waals surface area contributed by atoms with Gasteiger partial charge in [-0.05, 0) is 25.5 Å². The molecule has 1 atom stereocenters. The molecular weight excluding hydrogens is 206 g/mol. The first-order chi connectivity index (χ1) is 7.63. The van der Waals surface area contributed by atoms with Gasteiger partial charge >= 0.3 is 5.97 Å². The molecule has 0 saturated carbocycles. The zero-order valence-electron chi connectivity index (χ0n) is 9.56. The summed E-state index contributed by atoms with van der Waals surface area (Å²) in [6, 6.07) is 3.42. The predicted octanol–water partition coefficient (Wildman–Crippen LogP) is 1.02. The number of hydrogen-bond donors (Lipinski definition) is 2. The van der Waals surface area contributed by atoms with E-state index in [1.165, 1.54) is 7.11 Å². The topological polar surface area (TPSA) is 77.2 Å². The number of methoxy groups -OCH3 is 1. The highest BCUT2D eigenvalue weighted by Crippen LogP contribution is 2.07. The van der Waals surface area contributed by atoms with Gasteiger partial charge in [0.15, 0.2) is 0 Å². The van der Waals surface area contributed by atoms with E-state index in [1.807, 2.05) is 6.92 Å². The number of ether oxygens (including phenoxy) is 1. The van der Waals surface area contributed by atoms with Crippen molar-refractivity contribution in [2.24, 2.45) is 5.73 Å². The van der Waals surface area contributed by atoms with Gasteiger partial charge < -0.3 is 15.8 Å². The van der Waals surface area contributed by atoms with Gasteiger partial charge in [-0.3, -0.25) is 0 Å². The Morgan fingerprint density at radius 3 is 3.06 bits per heavy atom. The fourth-order valence-corrected chi connectivity index (χ4v) is 1.20. The lowest BCUT2D eigenvalue weighted by atomic mass is 10.2. The molecule has 1 heterocycles. The SMILES string of the molecule is COC(=O)c1ccnc(NCCC(C)N)c1. The molecule has 0 aliphatic carbocycles. The number of nitrogens with one attached hydrogen (secondary N) is 1. The Morgan fingerprint density at radius 2 is 2.44 bits per heavy atom. The van der Waals surface area contributed by atoms with Crippen LogP contribution in [0.5, 0.6) is 0 Å². The van der Waals surface area contributed by atoms with Crippen molar-refractivity contribution in [2.75, 3.05) is 19.0 Å². The van der Waals surface area contributed by atoms with Crippen LogP contribution in [0.15, 0.2) is 18.3 Å². The van der Waals surface area contributed by atoms with Crippen LogP contribution in [-0.4, -0.2) is 30.6 Å². The lowest BCUT2D eigenvalue weighted by Crippen LogP contribution is -2.19. The first-order valence-corrected chi connectivity index (χ1v) is 5.17. The smallest absolute Gasteiger partial charge is 0.338 e. The molecule has 1 aromatic heterocycles. The van der Waals surface area contributed by atoms with Gasteiger partial charge in [-0.2, -0.15) is 0 Å². The van der Waals surface area contributed by atoms with E-state index >= 15 is 0 Å². The lowest BCUT2D eigenvalue weighted by Gasteiger charge is -2.08. The number of rotatable bonds is 5. The zero-order valence-corrected chi connectivity index (χ0v) is 9.56. The lowest BCUT2D eigenvalue weighted by molar-refractivity contribution is 0.0600. The number of hydrogen-bond acceptors (Lipinski definition) is 5. The Kier molecular flexibility index (Phi) is 4.72. The Labute approximate surface area is 95.0 Å². The fourth-order valence-electron chi connectivity index (χ4n) is 1.20. The summed E-state index contributed by atoms with van der Waals surface area (Å²) in [5.41, 5.74) is 6.11. The summed E-state index contributed by atoms with van der Waals surface area (Å²) in [6.45, 7) is 2.68. The van der Waals surface area contributed by atoms with Crippen LogP contribution in [0.25, 0.3) is 0 Å². The molecule has 3 N–H and O–H groups in total. The highest BCUT2D eigenvalue weighted by atomic mass is 16.5. The molecule has 16 heavy (non-hydrogen) atoms. The number of carbonyl (C=O) groups is 1. The van der Waals surface area contributed by atoms with E-state index in [1.54, 1.807) is 18.3 Å². The van der Waals surface area contributed by atoms with Crippen molar-refractivity contribution in [3.05, 3.63) is 23.9 Å². The molecule has 0 radical (unpaired) electrons. The van der Waals surface area contributed by atoms with E-state index in [4.69, 9.17) is 5.73 Å². The fraction of sp³-hybridized carbons (Fsp3) is 0.455. The molecule has 1 aromatic rings. The zero-order chi connectivity index (χ0) is 12.0. The standard InChI is InChI=1S/C11H17N3O2/c1-8(12)3-5-13-10-7-9(4-6-14-10)11(15)16-2/h4,6-8H,3,5,12H2,1-2H3,(H,13,14). The Morgan fingerprint density at radius 1 is 1.69 bits per heavy atom. The number of nitrogens with zero attached hydrogens (tertiary/aromatic N) is 1. The van der Waals surface area contributed by atoms with E-state index in [0.717, 1.165) is 13.0 Å². The van der Waals surface area contributed by atoms with Crippen LogP contribution in [0, 0.1) is 0 Å². The molecule has 0 aliphatic heterocycles. The largest absolute Gasteiger partial charge is 0.465 e. The maximum absolute atomic E-state index is 11.2.